The van der Waals surface area contributed by atoms with E-state index in [1.165, 1.54) is 12.1 Å². The van der Waals surface area contributed by atoms with Crippen LogP contribution in [-0.2, 0) is 6.42 Å². The van der Waals surface area contributed by atoms with Gasteiger partial charge in [-0.25, -0.2) is 0 Å². The standard InChI is InChI=1S/C22H27N3O4/c1-16-10-13-24(14-11-16)21-9-6-18(25(28)29)15-20(21)22(27)23-12-2-3-17-4-7-19(26)8-5-17/h4-9,15-16,26H,2-3,10-14H2,1H3,(H,23,27). The molecule has 1 fully saturated rings. The topological polar surface area (TPSA) is 95.7 Å². The van der Waals surface area contributed by atoms with Crippen LogP contribution in [0.5, 0.6) is 5.75 Å². The molecule has 154 valence electrons. The Labute approximate surface area is 170 Å². The van der Waals surface area contributed by atoms with Crippen LogP contribution in [-0.4, -0.2) is 35.6 Å². The highest BCUT2D eigenvalue weighted by molar-refractivity contribution is 6.00. The van der Waals surface area contributed by atoms with E-state index in [0.29, 0.717) is 18.0 Å². The maximum atomic E-state index is 12.8. The van der Waals surface area contributed by atoms with Gasteiger partial charge in [0.05, 0.1) is 16.2 Å². The maximum Gasteiger partial charge on any atom is 0.270 e. The number of rotatable bonds is 7. The molecule has 2 aromatic carbocycles. The summed E-state index contributed by atoms with van der Waals surface area (Å²) in [7, 11) is 0. The van der Waals surface area contributed by atoms with Gasteiger partial charge in [0.15, 0.2) is 0 Å². The number of carbonyl (C=O) groups is 1. The van der Waals surface area contributed by atoms with Gasteiger partial charge >= 0.3 is 0 Å². The zero-order valence-corrected chi connectivity index (χ0v) is 16.6. The largest absolute Gasteiger partial charge is 0.508 e. The van der Waals surface area contributed by atoms with E-state index < -0.39 is 4.92 Å². The number of amides is 1. The predicted octanol–water partition coefficient (Wildman–Crippen LogP) is 3.90. The number of anilines is 1. The van der Waals surface area contributed by atoms with E-state index in [0.717, 1.165) is 50.0 Å². The van der Waals surface area contributed by atoms with Gasteiger partial charge in [0.25, 0.3) is 11.6 Å². The third kappa shape index (κ3) is 5.47. The van der Waals surface area contributed by atoms with Crippen molar-refractivity contribution in [3.8, 4) is 5.75 Å². The number of piperidine rings is 1. The van der Waals surface area contributed by atoms with Gasteiger partial charge in [-0.1, -0.05) is 19.1 Å². The number of hydrogen-bond donors (Lipinski definition) is 2. The molecule has 1 aliphatic heterocycles. The molecule has 0 bridgehead atoms. The zero-order chi connectivity index (χ0) is 20.8. The molecule has 29 heavy (non-hydrogen) atoms. The Morgan fingerprint density at radius 1 is 1.21 bits per heavy atom. The third-order valence-corrected chi connectivity index (χ3v) is 5.42. The summed E-state index contributed by atoms with van der Waals surface area (Å²) in [4.78, 5) is 25.7. The van der Waals surface area contributed by atoms with E-state index in [4.69, 9.17) is 0 Å². The second-order valence-corrected chi connectivity index (χ2v) is 7.65. The number of phenolic OH excluding ortho intramolecular Hbond substituents is 1. The van der Waals surface area contributed by atoms with Gasteiger partial charge in [-0.05, 0) is 55.4 Å². The number of nitrogens with one attached hydrogen (secondary N) is 1. The van der Waals surface area contributed by atoms with Crippen molar-refractivity contribution in [2.24, 2.45) is 5.92 Å². The lowest BCUT2D eigenvalue weighted by atomic mass is 9.98. The van der Waals surface area contributed by atoms with Crippen LogP contribution < -0.4 is 10.2 Å². The number of nitro groups is 1. The number of hydrogen-bond acceptors (Lipinski definition) is 5. The molecule has 2 N–H and O–H groups in total. The summed E-state index contributed by atoms with van der Waals surface area (Å²) in [5.41, 5.74) is 2.13. The Morgan fingerprint density at radius 2 is 1.90 bits per heavy atom. The average Bonchev–Trinajstić information content (AvgIpc) is 2.72. The first-order valence-corrected chi connectivity index (χ1v) is 10.0. The van der Waals surface area contributed by atoms with Crippen LogP contribution >= 0.6 is 0 Å². The van der Waals surface area contributed by atoms with Gasteiger partial charge in [0, 0.05) is 31.8 Å². The van der Waals surface area contributed by atoms with Gasteiger partial charge in [0.1, 0.15) is 5.75 Å². The van der Waals surface area contributed by atoms with Gasteiger partial charge in [-0.2, -0.15) is 0 Å². The van der Waals surface area contributed by atoms with Crippen LogP contribution in [0.1, 0.15) is 42.1 Å². The number of aromatic hydroxyl groups is 1. The van der Waals surface area contributed by atoms with E-state index in [1.54, 1.807) is 18.2 Å². The van der Waals surface area contributed by atoms with Crippen LogP contribution in [0.4, 0.5) is 11.4 Å². The van der Waals surface area contributed by atoms with E-state index in [1.807, 2.05) is 12.1 Å². The monoisotopic (exact) mass is 397 g/mol. The Bertz CT molecular complexity index is 859. The molecule has 7 nitrogen and oxygen atoms in total. The molecule has 0 unspecified atom stereocenters. The molecule has 1 amide bonds. The summed E-state index contributed by atoms with van der Waals surface area (Å²) in [6.07, 6.45) is 3.60. The van der Waals surface area contributed by atoms with Gasteiger partial charge in [-0.3, -0.25) is 14.9 Å². The van der Waals surface area contributed by atoms with Crippen molar-refractivity contribution in [1.82, 2.24) is 5.32 Å². The van der Waals surface area contributed by atoms with Crippen molar-refractivity contribution in [1.29, 1.82) is 0 Å². The molecule has 1 heterocycles. The molecule has 0 saturated carbocycles. The van der Waals surface area contributed by atoms with Crippen molar-refractivity contribution < 1.29 is 14.8 Å². The summed E-state index contributed by atoms with van der Waals surface area (Å²) in [5.74, 6) is 0.599. The van der Waals surface area contributed by atoms with Crippen LogP contribution in [0, 0.1) is 16.0 Å². The maximum absolute atomic E-state index is 12.8. The van der Waals surface area contributed by atoms with Gasteiger partial charge in [0.2, 0.25) is 0 Å². The number of non-ortho nitro benzene ring substituents is 1. The summed E-state index contributed by atoms with van der Waals surface area (Å²) >= 11 is 0. The Balaban J connectivity index is 1.66. The fraction of sp³-hybridized carbons (Fsp3) is 0.409. The van der Waals surface area contributed by atoms with Crippen molar-refractivity contribution in [2.45, 2.75) is 32.6 Å². The Morgan fingerprint density at radius 3 is 2.55 bits per heavy atom. The van der Waals surface area contributed by atoms with Crippen LogP contribution in [0.2, 0.25) is 0 Å². The molecule has 3 rings (SSSR count). The van der Waals surface area contributed by atoms with E-state index in [9.17, 15) is 20.0 Å². The van der Waals surface area contributed by atoms with Crippen molar-refractivity contribution in [2.75, 3.05) is 24.5 Å². The van der Waals surface area contributed by atoms with Crippen LogP contribution in [0.15, 0.2) is 42.5 Å². The highest BCUT2D eigenvalue weighted by Gasteiger charge is 2.23. The number of carbonyl (C=O) groups excluding carboxylic acids is 1. The fourth-order valence-electron chi connectivity index (χ4n) is 3.60. The number of phenols is 1. The average molecular weight is 397 g/mol. The van der Waals surface area contributed by atoms with E-state index in [2.05, 4.69) is 17.1 Å². The quantitative estimate of drug-likeness (QED) is 0.420. The highest BCUT2D eigenvalue weighted by atomic mass is 16.6. The molecule has 0 spiro atoms. The van der Waals surface area contributed by atoms with Crippen molar-refractivity contribution >= 4 is 17.3 Å². The molecule has 0 radical (unpaired) electrons. The van der Waals surface area contributed by atoms with E-state index >= 15 is 0 Å². The molecule has 0 aromatic heterocycles. The molecular formula is C22H27N3O4. The van der Waals surface area contributed by atoms with E-state index in [-0.39, 0.29) is 17.3 Å². The summed E-state index contributed by atoms with van der Waals surface area (Å²) in [6.45, 7) is 4.38. The van der Waals surface area contributed by atoms with Gasteiger partial charge < -0.3 is 15.3 Å². The first-order valence-electron chi connectivity index (χ1n) is 10.0. The molecule has 1 saturated heterocycles. The second kappa shape index (κ2) is 9.41. The SMILES string of the molecule is CC1CCN(c2ccc([N+](=O)[O-])cc2C(=O)NCCCc2ccc(O)cc2)CC1. The lowest BCUT2D eigenvalue weighted by molar-refractivity contribution is -0.384. The lowest BCUT2D eigenvalue weighted by Crippen LogP contribution is -2.35. The zero-order valence-electron chi connectivity index (χ0n) is 16.6. The lowest BCUT2D eigenvalue weighted by Gasteiger charge is -2.33. The first-order chi connectivity index (χ1) is 13.9. The number of aryl methyl sites for hydroxylation is 1. The predicted molar refractivity (Wildman–Crippen MR) is 112 cm³/mol. The molecule has 7 heteroatoms. The minimum atomic E-state index is -0.469. The molecule has 2 aromatic rings. The Kier molecular flexibility index (Phi) is 6.69. The summed E-state index contributed by atoms with van der Waals surface area (Å²) in [5, 5.41) is 23.4. The minimum Gasteiger partial charge on any atom is -0.508 e. The third-order valence-electron chi connectivity index (χ3n) is 5.42. The van der Waals surface area contributed by atoms with Crippen LogP contribution in [0.25, 0.3) is 0 Å². The highest BCUT2D eigenvalue weighted by Crippen LogP contribution is 2.29. The van der Waals surface area contributed by atoms with Crippen molar-refractivity contribution in [3.63, 3.8) is 0 Å². The molecule has 0 aliphatic carbocycles. The number of nitro benzene ring substituents is 1. The second-order valence-electron chi connectivity index (χ2n) is 7.65. The molecule has 1 aliphatic rings. The minimum absolute atomic E-state index is 0.0756. The summed E-state index contributed by atoms with van der Waals surface area (Å²) < 4.78 is 0. The smallest absolute Gasteiger partial charge is 0.270 e. The first kappa shape index (κ1) is 20.6. The van der Waals surface area contributed by atoms with Crippen molar-refractivity contribution in [3.05, 3.63) is 63.7 Å². The molecule has 0 atom stereocenters. The number of nitrogens with zero attached hydrogens (tertiary/aromatic N) is 2. The van der Waals surface area contributed by atoms with Gasteiger partial charge in [-0.15, -0.1) is 0 Å². The fourth-order valence-corrected chi connectivity index (χ4v) is 3.60. The Hall–Kier alpha value is -3.09. The number of benzene rings is 2. The summed E-state index contributed by atoms with van der Waals surface area (Å²) in [6, 6.07) is 11.5. The molecular weight excluding hydrogens is 370 g/mol. The van der Waals surface area contributed by atoms with Crippen LogP contribution in [0.3, 0.4) is 0 Å². The normalized spacial score (nSPS) is 14.6.